The topological polar surface area (TPSA) is 87.5 Å². The first-order valence-corrected chi connectivity index (χ1v) is 7.02. The quantitative estimate of drug-likeness (QED) is 0.659. The van der Waals surface area contributed by atoms with Crippen LogP contribution in [0.5, 0.6) is 0 Å². The standard InChI is InChI=1S/C14H13ClN4O3/c15-10-3-1-2-9(6-10)8-18-4-5-19-12(14(18)21)7-11(16-19)13(20)17-22/h1-3,6-7,22H,4-5,8H2,(H,17,20). The summed E-state index contributed by atoms with van der Waals surface area (Å²) in [6.45, 7) is 1.41. The first-order valence-electron chi connectivity index (χ1n) is 6.64. The monoisotopic (exact) mass is 320 g/mol. The van der Waals surface area contributed by atoms with Crippen molar-refractivity contribution in [2.24, 2.45) is 0 Å². The SMILES string of the molecule is O=C(NO)c1cc2n(n1)CCN(Cc1cccc(Cl)c1)C2=O. The van der Waals surface area contributed by atoms with E-state index in [0.29, 0.717) is 30.4 Å². The lowest BCUT2D eigenvalue weighted by Crippen LogP contribution is -2.39. The van der Waals surface area contributed by atoms with Crippen LogP contribution in [0.1, 0.15) is 26.5 Å². The molecule has 0 spiro atoms. The summed E-state index contributed by atoms with van der Waals surface area (Å²) in [5.41, 5.74) is 2.78. The summed E-state index contributed by atoms with van der Waals surface area (Å²) in [5, 5.41) is 13.3. The average molecular weight is 321 g/mol. The van der Waals surface area contributed by atoms with Gasteiger partial charge in [0.05, 0.1) is 6.54 Å². The summed E-state index contributed by atoms with van der Waals surface area (Å²) in [4.78, 5) is 25.5. The lowest BCUT2D eigenvalue weighted by molar-refractivity contribution is 0.0677. The Kier molecular flexibility index (Phi) is 3.82. The van der Waals surface area contributed by atoms with E-state index in [1.54, 1.807) is 11.0 Å². The van der Waals surface area contributed by atoms with Crippen molar-refractivity contribution >= 4 is 23.4 Å². The van der Waals surface area contributed by atoms with Crippen LogP contribution in [-0.4, -0.2) is 38.2 Å². The number of carbonyl (C=O) groups excluding carboxylic acids is 2. The molecule has 8 heteroatoms. The zero-order valence-corrected chi connectivity index (χ0v) is 12.2. The Morgan fingerprint density at radius 3 is 2.91 bits per heavy atom. The molecular formula is C14H13ClN4O3. The lowest BCUT2D eigenvalue weighted by Gasteiger charge is -2.27. The normalized spacial score (nSPS) is 13.9. The maximum Gasteiger partial charge on any atom is 0.295 e. The Labute approximate surface area is 131 Å². The molecule has 2 aromatic rings. The van der Waals surface area contributed by atoms with Gasteiger partial charge in [0, 0.05) is 24.2 Å². The Balaban J connectivity index is 1.82. The molecule has 2 amide bonds. The third-order valence-corrected chi connectivity index (χ3v) is 3.70. The molecule has 0 atom stereocenters. The molecule has 1 aliphatic heterocycles. The molecule has 1 aromatic carbocycles. The van der Waals surface area contributed by atoms with Crippen molar-refractivity contribution in [3.05, 3.63) is 52.3 Å². The van der Waals surface area contributed by atoms with Gasteiger partial charge in [-0.15, -0.1) is 0 Å². The fourth-order valence-corrected chi connectivity index (χ4v) is 2.63. The summed E-state index contributed by atoms with van der Waals surface area (Å²) in [5.74, 6) is -0.952. The summed E-state index contributed by atoms with van der Waals surface area (Å²) in [6, 6.07) is 8.69. The summed E-state index contributed by atoms with van der Waals surface area (Å²) >= 11 is 5.95. The van der Waals surface area contributed by atoms with Gasteiger partial charge < -0.3 is 4.90 Å². The van der Waals surface area contributed by atoms with Crippen LogP contribution >= 0.6 is 11.6 Å². The van der Waals surface area contributed by atoms with E-state index in [9.17, 15) is 9.59 Å². The summed E-state index contributed by atoms with van der Waals surface area (Å²) in [6.07, 6.45) is 0. The number of aromatic nitrogens is 2. The van der Waals surface area contributed by atoms with Crippen LogP contribution in [0, 0.1) is 0 Å². The molecule has 0 bridgehead atoms. The molecule has 22 heavy (non-hydrogen) atoms. The van der Waals surface area contributed by atoms with Crippen molar-refractivity contribution in [1.29, 1.82) is 0 Å². The third-order valence-electron chi connectivity index (χ3n) is 3.46. The molecule has 0 aliphatic carbocycles. The van der Waals surface area contributed by atoms with E-state index in [-0.39, 0.29) is 11.6 Å². The zero-order valence-electron chi connectivity index (χ0n) is 11.5. The molecule has 3 rings (SSSR count). The van der Waals surface area contributed by atoms with Gasteiger partial charge in [-0.3, -0.25) is 19.5 Å². The molecule has 2 N–H and O–H groups in total. The minimum absolute atomic E-state index is 0.00968. The fourth-order valence-electron chi connectivity index (χ4n) is 2.41. The van der Waals surface area contributed by atoms with Crippen molar-refractivity contribution in [1.82, 2.24) is 20.2 Å². The van der Waals surface area contributed by atoms with E-state index in [1.165, 1.54) is 16.2 Å². The van der Waals surface area contributed by atoms with Crippen LogP contribution in [0.25, 0.3) is 0 Å². The number of fused-ring (bicyclic) bond motifs is 1. The second-order valence-electron chi connectivity index (χ2n) is 4.94. The van der Waals surface area contributed by atoms with Crippen LogP contribution in [0.4, 0.5) is 0 Å². The van der Waals surface area contributed by atoms with Gasteiger partial charge in [0.1, 0.15) is 5.69 Å². The number of amides is 2. The van der Waals surface area contributed by atoms with Gasteiger partial charge >= 0.3 is 0 Å². The Hall–Kier alpha value is -2.38. The summed E-state index contributed by atoms with van der Waals surface area (Å²) < 4.78 is 1.47. The molecule has 0 saturated carbocycles. The number of hydroxylamine groups is 1. The van der Waals surface area contributed by atoms with Crippen molar-refractivity contribution in [3.63, 3.8) is 0 Å². The second kappa shape index (κ2) is 5.78. The van der Waals surface area contributed by atoms with Gasteiger partial charge in [0.2, 0.25) is 0 Å². The highest BCUT2D eigenvalue weighted by molar-refractivity contribution is 6.30. The van der Waals surface area contributed by atoms with Crippen LogP contribution < -0.4 is 5.48 Å². The maximum absolute atomic E-state index is 12.5. The lowest BCUT2D eigenvalue weighted by atomic mass is 10.2. The highest BCUT2D eigenvalue weighted by Gasteiger charge is 2.27. The van der Waals surface area contributed by atoms with E-state index in [2.05, 4.69) is 5.10 Å². The van der Waals surface area contributed by atoms with E-state index < -0.39 is 5.91 Å². The zero-order chi connectivity index (χ0) is 15.7. The van der Waals surface area contributed by atoms with Gasteiger partial charge in [-0.1, -0.05) is 23.7 Å². The Bertz CT molecular complexity index is 743. The van der Waals surface area contributed by atoms with Gasteiger partial charge in [-0.05, 0) is 17.7 Å². The summed E-state index contributed by atoms with van der Waals surface area (Å²) in [7, 11) is 0. The molecule has 2 heterocycles. The largest absolute Gasteiger partial charge is 0.331 e. The molecule has 1 aromatic heterocycles. The Morgan fingerprint density at radius 1 is 1.36 bits per heavy atom. The number of halogens is 1. The van der Waals surface area contributed by atoms with E-state index in [4.69, 9.17) is 16.8 Å². The molecule has 114 valence electrons. The number of benzene rings is 1. The minimum atomic E-state index is -0.740. The highest BCUT2D eigenvalue weighted by Crippen LogP contribution is 2.18. The van der Waals surface area contributed by atoms with Crippen LogP contribution in [0.3, 0.4) is 0 Å². The van der Waals surface area contributed by atoms with Crippen LogP contribution in [0.2, 0.25) is 5.02 Å². The van der Waals surface area contributed by atoms with E-state index in [0.717, 1.165) is 5.56 Å². The number of nitrogens with zero attached hydrogens (tertiary/aromatic N) is 3. The fraction of sp³-hybridized carbons (Fsp3) is 0.214. The molecule has 0 unspecified atom stereocenters. The van der Waals surface area contributed by atoms with Crippen molar-refractivity contribution in [2.75, 3.05) is 6.54 Å². The molecule has 0 fully saturated rings. The van der Waals surface area contributed by atoms with Gasteiger partial charge in [-0.25, -0.2) is 5.48 Å². The van der Waals surface area contributed by atoms with Crippen LogP contribution in [-0.2, 0) is 13.1 Å². The first kappa shape index (κ1) is 14.6. The van der Waals surface area contributed by atoms with Crippen molar-refractivity contribution < 1.29 is 14.8 Å². The smallest absolute Gasteiger partial charge is 0.295 e. The number of hydrogen-bond acceptors (Lipinski definition) is 4. The van der Waals surface area contributed by atoms with Gasteiger partial charge in [-0.2, -0.15) is 5.10 Å². The maximum atomic E-state index is 12.5. The molecule has 0 saturated heterocycles. The predicted octanol–water partition coefficient (Wildman–Crippen LogP) is 1.31. The van der Waals surface area contributed by atoms with Gasteiger partial charge in [0.25, 0.3) is 11.8 Å². The number of nitrogens with one attached hydrogen (secondary N) is 1. The second-order valence-corrected chi connectivity index (χ2v) is 5.37. The predicted molar refractivity (Wildman–Crippen MR) is 77.7 cm³/mol. The number of hydrogen-bond donors (Lipinski definition) is 2. The first-order chi connectivity index (χ1) is 10.6. The number of carbonyl (C=O) groups is 2. The average Bonchev–Trinajstić information content (AvgIpc) is 2.94. The minimum Gasteiger partial charge on any atom is -0.331 e. The number of rotatable bonds is 3. The van der Waals surface area contributed by atoms with Gasteiger partial charge in [0.15, 0.2) is 5.69 Å². The van der Waals surface area contributed by atoms with E-state index in [1.807, 2.05) is 18.2 Å². The molecule has 0 radical (unpaired) electrons. The molecule has 1 aliphatic rings. The van der Waals surface area contributed by atoms with Crippen LogP contribution in [0.15, 0.2) is 30.3 Å². The third kappa shape index (κ3) is 2.68. The van der Waals surface area contributed by atoms with Crippen molar-refractivity contribution in [2.45, 2.75) is 13.1 Å². The molecule has 7 nitrogen and oxygen atoms in total. The molecular weight excluding hydrogens is 308 g/mol. The Morgan fingerprint density at radius 2 is 2.18 bits per heavy atom. The van der Waals surface area contributed by atoms with Crippen molar-refractivity contribution in [3.8, 4) is 0 Å². The highest BCUT2D eigenvalue weighted by atomic mass is 35.5. The van der Waals surface area contributed by atoms with E-state index >= 15 is 0 Å².